The van der Waals surface area contributed by atoms with Gasteiger partial charge >= 0.3 is 0 Å². The number of aliphatic hydroxyl groups is 1. The molecular formula is C31H43N3O5. The van der Waals surface area contributed by atoms with E-state index in [9.17, 15) is 19.5 Å². The summed E-state index contributed by atoms with van der Waals surface area (Å²) >= 11 is 0. The second-order valence-corrected chi connectivity index (χ2v) is 11.9. The summed E-state index contributed by atoms with van der Waals surface area (Å²) in [7, 11) is 0. The highest BCUT2D eigenvalue weighted by Crippen LogP contribution is 2.59. The lowest BCUT2D eigenvalue weighted by atomic mass is 9.70. The molecule has 3 amide bonds. The van der Waals surface area contributed by atoms with Crippen LogP contribution in [0.2, 0.25) is 0 Å². The van der Waals surface area contributed by atoms with Gasteiger partial charge in [-0.25, -0.2) is 0 Å². The zero-order valence-electron chi connectivity index (χ0n) is 23.7. The molecule has 1 aromatic rings. The number of amides is 3. The summed E-state index contributed by atoms with van der Waals surface area (Å²) < 4.78 is 6.62. The van der Waals surface area contributed by atoms with Crippen LogP contribution < -0.4 is 0 Å². The van der Waals surface area contributed by atoms with Crippen molar-refractivity contribution in [3.63, 3.8) is 0 Å². The number of likely N-dealkylation sites (tertiary alicyclic amines) is 1. The Kier molecular flexibility index (Phi) is 8.38. The van der Waals surface area contributed by atoms with Crippen molar-refractivity contribution in [2.75, 3.05) is 19.7 Å². The van der Waals surface area contributed by atoms with E-state index < -0.39 is 41.2 Å². The van der Waals surface area contributed by atoms with Crippen molar-refractivity contribution in [3.05, 3.63) is 61.2 Å². The third-order valence-electron chi connectivity index (χ3n) is 8.60. The minimum Gasteiger partial charge on any atom is -0.394 e. The van der Waals surface area contributed by atoms with Crippen molar-refractivity contribution >= 4 is 17.7 Å². The predicted octanol–water partition coefficient (Wildman–Crippen LogP) is 3.16. The number of nitrogens with zero attached hydrogens (tertiary/aromatic N) is 3. The quantitative estimate of drug-likeness (QED) is 0.438. The fraction of sp³-hybridized carbons (Fsp3) is 0.581. The van der Waals surface area contributed by atoms with E-state index in [4.69, 9.17) is 4.74 Å². The van der Waals surface area contributed by atoms with E-state index in [-0.39, 0.29) is 24.3 Å². The summed E-state index contributed by atoms with van der Waals surface area (Å²) in [6.07, 6.45) is 4.51. The molecule has 8 nitrogen and oxygen atoms in total. The van der Waals surface area contributed by atoms with E-state index in [1.54, 1.807) is 26.9 Å². The molecule has 3 aliphatic heterocycles. The number of hydrogen-bond acceptors (Lipinski definition) is 5. The average molecular weight is 538 g/mol. The highest BCUT2D eigenvalue weighted by molar-refractivity contribution is 5.99. The van der Waals surface area contributed by atoms with Gasteiger partial charge in [-0.1, -0.05) is 49.4 Å². The molecule has 1 N–H and O–H groups in total. The SMILES string of the molecule is C=CCN(Cc1ccccc1)C(=O)[C@@H]1[C@H]2C(=O)N([C@@H](CC)CO)C(C(=O)N(CC=C)C(C)(C)C)C23CC[C@H]1O3. The highest BCUT2D eigenvalue weighted by Gasteiger charge is 2.75. The first-order valence-electron chi connectivity index (χ1n) is 14.0. The molecule has 2 unspecified atom stereocenters. The fourth-order valence-electron chi connectivity index (χ4n) is 6.83. The van der Waals surface area contributed by atoms with Gasteiger partial charge in [0, 0.05) is 25.2 Å². The smallest absolute Gasteiger partial charge is 0.249 e. The Balaban J connectivity index is 1.76. The molecule has 3 heterocycles. The molecule has 3 saturated heterocycles. The fourth-order valence-corrected chi connectivity index (χ4v) is 6.83. The number of hydrogen-bond donors (Lipinski definition) is 1. The van der Waals surface area contributed by atoms with Crippen LogP contribution in [0.5, 0.6) is 0 Å². The summed E-state index contributed by atoms with van der Waals surface area (Å²) in [6.45, 7) is 16.2. The lowest BCUT2D eigenvalue weighted by molar-refractivity contribution is -0.154. The topological polar surface area (TPSA) is 90.4 Å². The summed E-state index contributed by atoms with van der Waals surface area (Å²) in [5.41, 5.74) is -0.660. The minimum absolute atomic E-state index is 0.160. The predicted molar refractivity (Wildman–Crippen MR) is 149 cm³/mol. The van der Waals surface area contributed by atoms with Crippen LogP contribution in [0.4, 0.5) is 0 Å². The molecule has 4 rings (SSSR count). The van der Waals surface area contributed by atoms with Crippen LogP contribution in [-0.2, 0) is 25.7 Å². The molecule has 212 valence electrons. The molecule has 1 aromatic carbocycles. The van der Waals surface area contributed by atoms with Crippen molar-refractivity contribution in [2.45, 2.75) is 82.8 Å². The maximum atomic E-state index is 14.4. The van der Waals surface area contributed by atoms with Crippen LogP contribution in [0.1, 0.15) is 52.5 Å². The van der Waals surface area contributed by atoms with Gasteiger partial charge in [-0.2, -0.15) is 0 Å². The van der Waals surface area contributed by atoms with E-state index in [1.807, 2.05) is 58.0 Å². The zero-order valence-corrected chi connectivity index (χ0v) is 23.7. The van der Waals surface area contributed by atoms with E-state index in [2.05, 4.69) is 13.2 Å². The maximum Gasteiger partial charge on any atom is 0.249 e. The summed E-state index contributed by atoms with van der Waals surface area (Å²) in [5.74, 6) is -2.15. The Bertz CT molecular complexity index is 1100. The molecule has 3 aliphatic rings. The summed E-state index contributed by atoms with van der Waals surface area (Å²) in [4.78, 5) is 47.8. The molecule has 0 saturated carbocycles. The van der Waals surface area contributed by atoms with E-state index in [0.717, 1.165) is 5.56 Å². The molecule has 2 bridgehead atoms. The Morgan fingerprint density at radius 1 is 1.18 bits per heavy atom. The molecule has 3 fully saturated rings. The number of fused-ring (bicyclic) bond motifs is 1. The molecular weight excluding hydrogens is 494 g/mol. The Hall–Kier alpha value is -2.97. The standard InChI is InChI=1S/C31H43N3O5/c1-7-17-32(19-21-13-11-10-12-14-21)27(36)24-23-15-16-31(39-23)25(24)28(37)34(22(9-3)20-35)26(31)29(38)33(18-8-2)30(4,5)6/h7-8,10-14,22-26,35H,1-2,9,15-20H2,3-6H3/t22-,23+,24-,25-,26?,31?/m0/s1. The first-order chi connectivity index (χ1) is 18.5. The first kappa shape index (κ1) is 29.0. The van der Waals surface area contributed by atoms with E-state index in [0.29, 0.717) is 38.9 Å². The van der Waals surface area contributed by atoms with Crippen LogP contribution in [0.25, 0.3) is 0 Å². The molecule has 0 aromatic heterocycles. The second kappa shape index (κ2) is 11.3. The van der Waals surface area contributed by atoms with Crippen molar-refractivity contribution in [2.24, 2.45) is 11.8 Å². The normalized spacial score (nSPS) is 28.2. The van der Waals surface area contributed by atoms with Gasteiger partial charge in [0.25, 0.3) is 0 Å². The maximum absolute atomic E-state index is 14.4. The van der Waals surface area contributed by atoms with Crippen molar-refractivity contribution in [3.8, 4) is 0 Å². The summed E-state index contributed by atoms with van der Waals surface area (Å²) in [6, 6.07) is 8.25. The number of carbonyl (C=O) groups excluding carboxylic acids is 3. The van der Waals surface area contributed by atoms with Crippen LogP contribution in [0, 0.1) is 11.8 Å². The van der Waals surface area contributed by atoms with Gasteiger partial charge in [0.2, 0.25) is 17.7 Å². The van der Waals surface area contributed by atoms with Gasteiger partial charge in [-0.3, -0.25) is 14.4 Å². The van der Waals surface area contributed by atoms with Crippen LogP contribution in [-0.4, -0.2) is 86.6 Å². The third kappa shape index (κ3) is 4.93. The first-order valence-corrected chi connectivity index (χ1v) is 14.0. The van der Waals surface area contributed by atoms with Crippen molar-refractivity contribution in [1.82, 2.24) is 14.7 Å². The largest absolute Gasteiger partial charge is 0.394 e. The van der Waals surface area contributed by atoms with Gasteiger partial charge < -0.3 is 24.5 Å². The summed E-state index contributed by atoms with van der Waals surface area (Å²) in [5, 5.41) is 10.3. The van der Waals surface area contributed by atoms with Crippen molar-refractivity contribution in [1.29, 1.82) is 0 Å². The second-order valence-electron chi connectivity index (χ2n) is 11.9. The van der Waals surface area contributed by atoms with Gasteiger partial charge in [0.05, 0.1) is 30.6 Å². The molecule has 0 radical (unpaired) electrons. The molecule has 0 aliphatic carbocycles. The molecule has 8 heteroatoms. The zero-order chi connectivity index (χ0) is 28.5. The molecule has 1 spiro atoms. The van der Waals surface area contributed by atoms with Crippen LogP contribution in [0.3, 0.4) is 0 Å². The average Bonchev–Trinajstić information content (AvgIpc) is 3.55. The van der Waals surface area contributed by atoms with E-state index in [1.165, 1.54) is 0 Å². The van der Waals surface area contributed by atoms with Gasteiger partial charge in [-0.05, 0) is 45.6 Å². The lowest BCUT2D eigenvalue weighted by Gasteiger charge is -2.43. The molecule has 39 heavy (non-hydrogen) atoms. The number of ether oxygens (including phenoxy) is 1. The monoisotopic (exact) mass is 537 g/mol. The Labute approximate surface area is 232 Å². The van der Waals surface area contributed by atoms with Gasteiger partial charge in [0.15, 0.2) is 0 Å². The Morgan fingerprint density at radius 2 is 1.85 bits per heavy atom. The lowest BCUT2D eigenvalue weighted by Crippen LogP contribution is -2.61. The highest BCUT2D eigenvalue weighted by atomic mass is 16.5. The Morgan fingerprint density at radius 3 is 2.41 bits per heavy atom. The number of aliphatic hydroxyl groups excluding tert-OH is 1. The van der Waals surface area contributed by atoms with Crippen LogP contribution in [0.15, 0.2) is 55.6 Å². The van der Waals surface area contributed by atoms with Crippen LogP contribution >= 0.6 is 0 Å². The number of carbonyl (C=O) groups is 3. The third-order valence-corrected chi connectivity index (χ3v) is 8.60. The van der Waals surface area contributed by atoms with E-state index >= 15 is 0 Å². The molecule has 6 atom stereocenters. The number of rotatable bonds is 11. The number of benzene rings is 1. The van der Waals surface area contributed by atoms with Gasteiger partial charge in [-0.15, -0.1) is 13.2 Å². The van der Waals surface area contributed by atoms with Gasteiger partial charge in [0.1, 0.15) is 11.6 Å². The van der Waals surface area contributed by atoms with Crippen molar-refractivity contribution < 1.29 is 24.2 Å². The minimum atomic E-state index is -1.11.